The molecule has 1 fully saturated rings. The Labute approximate surface area is 161 Å². The van der Waals surface area contributed by atoms with Gasteiger partial charge in [-0.05, 0) is 48.9 Å². The summed E-state index contributed by atoms with van der Waals surface area (Å²) in [4.78, 5) is 14.8. The van der Waals surface area contributed by atoms with Gasteiger partial charge in [-0.25, -0.2) is 13.1 Å². The molecule has 2 aromatic carbocycles. The number of aryl methyl sites for hydroxylation is 1. The van der Waals surface area contributed by atoms with Crippen LogP contribution < -0.4 is 4.72 Å². The maximum atomic E-state index is 12.8. The van der Waals surface area contributed by atoms with Gasteiger partial charge in [0.15, 0.2) is 0 Å². The van der Waals surface area contributed by atoms with Crippen molar-refractivity contribution in [3.63, 3.8) is 0 Å². The minimum absolute atomic E-state index is 0.0962. The Morgan fingerprint density at radius 1 is 1.19 bits per heavy atom. The number of nitrogens with one attached hydrogen (secondary N) is 1. The van der Waals surface area contributed by atoms with Gasteiger partial charge < -0.3 is 4.90 Å². The molecule has 1 heterocycles. The molecule has 2 aromatic rings. The van der Waals surface area contributed by atoms with Gasteiger partial charge in [0.2, 0.25) is 10.0 Å². The van der Waals surface area contributed by atoms with E-state index in [9.17, 15) is 13.2 Å². The summed E-state index contributed by atoms with van der Waals surface area (Å²) in [5, 5.41) is 0. The zero-order valence-corrected chi connectivity index (χ0v) is 16.6. The van der Waals surface area contributed by atoms with Crippen LogP contribution >= 0.6 is 0 Å². The summed E-state index contributed by atoms with van der Waals surface area (Å²) in [6.45, 7) is 5.54. The highest BCUT2D eigenvalue weighted by molar-refractivity contribution is 7.89. The number of amides is 1. The molecule has 3 rings (SSSR count). The summed E-state index contributed by atoms with van der Waals surface area (Å²) in [5.41, 5.74) is 1.93. The average Bonchev–Trinajstić information content (AvgIpc) is 2.67. The highest BCUT2D eigenvalue weighted by Crippen LogP contribution is 2.21. The zero-order chi connectivity index (χ0) is 19.4. The van der Waals surface area contributed by atoms with Crippen molar-refractivity contribution in [2.75, 3.05) is 13.1 Å². The number of nitrogens with zero attached hydrogens (tertiary/aromatic N) is 1. The summed E-state index contributed by atoms with van der Waals surface area (Å²) in [6.07, 6.45) is 2.11. The summed E-state index contributed by atoms with van der Waals surface area (Å²) in [6, 6.07) is 14.3. The maximum Gasteiger partial charge on any atom is 0.253 e. The normalized spacial score (nSPS) is 17.7. The van der Waals surface area contributed by atoms with Gasteiger partial charge in [-0.15, -0.1) is 0 Å². The van der Waals surface area contributed by atoms with E-state index in [0.29, 0.717) is 17.0 Å². The van der Waals surface area contributed by atoms with Crippen LogP contribution in [0.2, 0.25) is 0 Å². The highest BCUT2D eigenvalue weighted by atomic mass is 32.2. The van der Waals surface area contributed by atoms with Crippen molar-refractivity contribution in [1.29, 1.82) is 0 Å². The van der Waals surface area contributed by atoms with Crippen LogP contribution in [-0.4, -0.2) is 32.3 Å². The van der Waals surface area contributed by atoms with Crippen LogP contribution in [0.4, 0.5) is 0 Å². The lowest BCUT2D eigenvalue weighted by Gasteiger charge is -2.31. The van der Waals surface area contributed by atoms with Crippen molar-refractivity contribution in [2.45, 2.75) is 38.1 Å². The van der Waals surface area contributed by atoms with Crippen LogP contribution in [0.3, 0.4) is 0 Å². The van der Waals surface area contributed by atoms with Crippen molar-refractivity contribution < 1.29 is 13.2 Å². The molecule has 5 nitrogen and oxygen atoms in total. The predicted molar refractivity (Wildman–Crippen MR) is 106 cm³/mol. The number of sulfonamides is 1. The number of rotatable bonds is 5. The number of hydrogen-bond acceptors (Lipinski definition) is 3. The molecule has 27 heavy (non-hydrogen) atoms. The highest BCUT2D eigenvalue weighted by Gasteiger charge is 2.24. The molecule has 0 aromatic heterocycles. The van der Waals surface area contributed by atoms with Crippen molar-refractivity contribution in [1.82, 2.24) is 9.62 Å². The number of benzene rings is 2. The van der Waals surface area contributed by atoms with Crippen LogP contribution in [-0.2, 0) is 16.6 Å². The molecule has 1 aliphatic heterocycles. The first-order valence-corrected chi connectivity index (χ1v) is 10.8. The van der Waals surface area contributed by atoms with E-state index in [-0.39, 0.29) is 17.3 Å². The molecule has 0 spiro atoms. The maximum absolute atomic E-state index is 12.8. The first kappa shape index (κ1) is 19.6. The Kier molecular flexibility index (Phi) is 5.97. The number of piperidine rings is 1. The first-order valence-electron chi connectivity index (χ1n) is 9.30. The molecule has 1 atom stereocenters. The van der Waals surface area contributed by atoms with Crippen molar-refractivity contribution in [3.05, 3.63) is 65.2 Å². The lowest BCUT2D eigenvalue weighted by atomic mass is 9.99. The standard InChI is InChI=1S/C21H26N2O3S/c1-16-7-6-12-23(15-16)21(24)19-11-10-17(2)20(13-19)27(25,26)22-14-18-8-4-3-5-9-18/h3-5,8-11,13,16,22H,6-7,12,14-15H2,1-2H3. The van der Waals surface area contributed by atoms with E-state index in [1.807, 2.05) is 35.2 Å². The third-order valence-corrected chi connectivity index (χ3v) is 6.52. The second kappa shape index (κ2) is 8.23. The Morgan fingerprint density at radius 3 is 2.63 bits per heavy atom. The minimum Gasteiger partial charge on any atom is -0.338 e. The number of carbonyl (C=O) groups is 1. The summed E-state index contributed by atoms with van der Waals surface area (Å²) in [7, 11) is -3.71. The molecular weight excluding hydrogens is 360 g/mol. The summed E-state index contributed by atoms with van der Waals surface area (Å²) < 4.78 is 28.2. The minimum atomic E-state index is -3.71. The molecule has 1 N–H and O–H groups in total. The molecule has 1 aliphatic rings. The molecule has 0 saturated carbocycles. The monoisotopic (exact) mass is 386 g/mol. The van der Waals surface area contributed by atoms with Gasteiger partial charge in [0, 0.05) is 25.2 Å². The fourth-order valence-electron chi connectivity index (χ4n) is 3.43. The molecule has 0 bridgehead atoms. The predicted octanol–water partition coefficient (Wildman–Crippen LogP) is 3.35. The smallest absolute Gasteiger partial charge is 0.253 e. The van der Waals surface area contributed by atoms with Crippen molar-refractivity contribution in [2.24, 2.45) is 5.92 Å². The third-order valence-electron chi connectivity index (χ3n) is 4.98. The van der Waals surface area contributed by atoms with Gasteiger partial charge in [-0.1, -0.05) is 43.3 Å². The molecule has 0 radical (unpaired) electrons. The quantitative estimate of drug-likeness (QED) is 0.857. The van der Waals surface area contributed by atoms with E-state index >= 15 is 0 Å². The van der Waals surface area contributed by atoms with E-state index in [2.05, 4.69) is 11.6 Å². The van der Waals surface area contributed by atoms with E-state index in [4.69, 9.17) is 0 Å². The SMILES string of the molecule is Cc1ccc(C(=O)N2CCCC(C)C2)cc1S(=O)(=O)NCc1ccccc1. The van der Waals surface area contributed by atoms with E-state index in [0.717, 1.165) is 31.5 Å². The number of hydrogen-bond donors (Lipinski definition) is 1. The molecule has 1 amide bonds. The molecule has 6 heteroatoms. The van der Waals surface area contributed by atoms with Crippen LogP contribution in [0.1, 0.15) is 41.3 Å². The van der Waals surface area contributed by atoms with Gasteiger partial charge in [0.25, 0.3) is 5.91 Å². The van der Waals surface area contributed by atoms with Gasteiger partial charge in [-0.3, -0.25) is 4.79 Å². The van der Waals surface area contributed by atoms with Crippen LogP contribution in [0.5, 0.6) is 0 Å². The Morgan fingerprint density at radius 2 is 1.93 bits per heavy atom. The fourth-order valence-corrected chi connectivity index (χ4v) is 4.72. The molecule has 1 saturated heterocycles. The lowest BCUT2D eigenvalue weighted by molar-refractivity contribution is 0.0683. The molecular formula is C21H26N2O3S. The van der Waals surface area contributed by atoms with Gasteiger partial charge in [-0.2, -0.15) is 0 Å². The van der Waals surface area contributed by atoms with E-state index < -0.39 is 10.0 Å². The Bertz CT molecular complexity index is 910. The van der Waals surface area contributed by atoms with Gasteiger partial charge >= 0.3 is 0 Å². The van der Waals surface area contributed by atoms with Crippen molar-refractivity contribution >= 4 is 15.9 Å². The lowest BCUT2D eigenvalue weighted by Crippen LogP contribution is -2.39. The second-order valence-corrected chi connectivity index (χ2v) is 9.02. The summed E-state index contributed by atoms with van der Waals surface area (Å²) >= 11 is 0. The zero-order valence-electron chi connectivity index (χ0n) is 15.8. The number of carbonyl (C=O) groups excluding carboxylic acids is 1. The fraction of sp³-hybridized carbons (Fsp3) is 0.381. The third kappa shape index (κ3) is 4.76. The first-order chi connectivity index (χ1) is 12.9. The average molecular weight is 387 g/mol. The van der Waals surface area contributed by atoms with Gasteiger partial charge in [0.05, 0.1) is 4.90 Å². The van der Waals surface area contributed by atoms with Gasteiger partial charge in [0.1, 0.15) is 0 Å². The van der Waals surface area contributed by atoms with Crippen molar-refractivity contribution in [3.8, 4) is 0 Å². The number of likely N-dealkylation sites (tertiary alicyclic amines) is 1. The van der Waals surface area contributed by atoms with Crippen LogP contribution in [0, 0.1) is 12.8 Å². The van der Waals surface area contributed by atoms with Crippen LogP contribution in [0.15, 0.2) is 53.4 Å². The molecule has 144 valence electrons. The summed E-state index contributed by atoms with van der Waals surface area (Å²) in [5.74, 6) is 0.380. The molecule has 1 unspecified atom stereocenters. The second-order valence-electron chi connectivity index (χ2n) is 7.29. The Hall–Kier alpha value is -2.18. The topological polar surface area (TPSA) is 66.5 Å². The van der Waals surface area contributed by atoms with E-state index in [1.54, 1.807) is 19.1 Å². The van der Waals surface area contributed by atoms with Crippen LogP contribution in [0.25, 0.3) is 0 Å². The largest absolute Gasteiger partial charge is 0.338 e. The van der Waals surface area contributed by atoms with E-state index in [1.165, 1.54) is 6.07 Å². The Balaban J connectivity index is 1.80. The molecule has 0 aliphatic carbocycles.